The third kappa shape index (κ3) is 6.12. The maximum atomic E-state index is 12.2. The fourth-order valence-electron chi connectivity index (χ4n) is 2.61. The highest BCUT2D eigenvalue weighted by molar-refractivity contribution is 7.89. The molecule has 0 bridgehead atoms. The van der Waals surface area contributed by atoms with Crippen molar-refractivity contribution in [1.29, 1.82) is 0 Å². The van der Waals surface area contributed by atoms with Crippen molar-refractivity contribution in [3.63, 3.8) is 0 Å². The van der Waals surface area contributed by atoms with Crippen LogP contribution in [0.4, 0.5) is 0 Å². The zero-order valence-electron chi connectivity index (χ0n) is 13.1. The van der Waals surface area contributed by atoms with E-state index in [1.165, 1.54) is 17.8 Å². The molecule has 1 aliphatic carbocycles. The van der Waals surface area contributed by atoms with E-state index >= 15 is 0 Å². The van der Waals surface area contributed by atoms with Crippen LogP contribution >= 0.6 is 11.6 Å². The Kier molecular flexibility index (Phi) is 7.98. The molecule has 0 atom stereocenters. The van der Waals surface area contributed by atoms with Gasteiger partial charge in [-0.15, -0.1) is 11.6 Å². The molecule has 1 amide bonds. The molecule has 7 heteroatoms. The highest BCUT2D eigenvalue weighted by atomic mass is 35.5. The van der Waals surface area contributed by atoms with Crippen LogP contribution in [0.3, 0.4) is 0 Å². The summed E-state index contributed by atoms with van der Waals surface area (Å²) in [6, 6.07) is 0.263. The van der Waals surface area contributed by atoms with Crippen molar-refractivity contribution < 1.29 is 13.2 Å². The van der Waals surface area contributed by atoms with Gasteiger partial charge in [0.15, 0.2) is 0 Å². The number of sulfonamides is 1. The van der Waals surface area contributed by atoms with Crippen LogP contribution < -0.4 is 0 Å². The molecule has 0 aromatic heterocycles. The van der Waals surface area contributed by atoms with E-state index in [0.717, 1.165) is 25.7 Å². The quantitative estimate of drug-likeness (QED) is 0.503. The number of alkyl halides is 1. The molecule has 5 nitrogen and oxygen atoms in total. The number of nitrogens with zero attached hydrogens (tertiary/aromatic N) is 2. The number of rotatable bonds is 8. The predicted octanol–water partition coefficient (Wildman–Crippen LogP) is 2.06. The lowest BCUT2D eigenvalue weighted by Gasteiger charge is -2.32. The molecule has 0 aliphatic heterocycles. The number of carbonyl (C=O) groups excluding carboxylic acids is 1. The van der Waals surface area contributed by atoms with Gasteiger partial charge in [0.05, 0.1) is 12.3 Å². The Balaban J connectivity index is 2.48. The summed E-state index contributed by atoms with van der Waals surface area (Å²) >= 11 is 5.55. The number of likely N-dealkylation sites (N-methyl/N-ethyl adjacent to an activating group) is 2. The van der Waals surface area contributed by atoms with Crippen molar-refractivity contribution in [3.8, 4) is 0 Å². The smallest absolute Gasteiger partial charge is 0.237 e. The van der Waals surface area contributed by atoms with E-state index in [2.05, 4.69) is 0 Å². The van der Waals surface area contributed by atoms with Crippen LogP contribution in [-0.2, 0) is 14.8 Å². The number of unbranched alkanes of at least 4 members (excludes halogenated alkanes) is 1. The molecule has 1 aliphatic rings. The van der Waals surface area contributed by atoms with Crippen LogP contribution in [0.15, 0.2) is 0 Å². The fourth-order valence-corrected chi connectivity index (χ4v) is 3.98. The van der Waals surface area contributed by atoms with Gasteiger partial charge in [0, 0.05) is 26.0 Å². The standard InChI is InChI=1S/C14H27ClN2O3S/c1-16(21(19,20)11-7-6-10-15)12-14(18)17(2)13-8-4-3-5-9-13/h13H,3-12H2,1-2H3. The summed E-state index contributed by atoms with van der Waals surface area (Å²) in [5, 5.41) is 0. The second-order valence-corrected chi connectivity index (χ2v) is 8.34. The second kappa shape index (κ2) is 8.96. The summed E-state index contributed by atoms with van der Waals surface area (Å²) in [7, 11) is -0.106. The first kappa shape index (κ1) is 18.7. The minimum absolute atomic E-state index is 0.0522. The molecule has 0 unspecified atom stereocenters. The molecule has 0 saturated heterocycles. The summed E-state index contributed by atoms with van der Waals surface area (Å²) in [4.78, 5) is 14.0. The Hall–Kier alpha value is -0.330. The first-order valence-electron chi connectivity index (χ1n) is 7.64. The van der Waals surface area contributed by atoms with Crippen LogP contribution in [0.2, 0.25) is 0 Å². The summed E-state index contributed by atoms with van der Waals surface area (Å²) < 4.78 is 25.3. The lowest BCUT2D eigenvalue weighted by atomic mass is 9.94. The lowest BCUT2D eigenvalue weighted by molar-refractivity contribution is -0.132. The molecule has 1 rings (SSSR count). The van der Waals surface area contributed by atoms with E-state index in [-0.39, 0.29) is 24.2 Å². The third-order valence-corrected chi connectivity index (χ3v) is 6.29. The topological polar surface area (TPSA) is 57.7 Å². The van der Waals surface area contributed by atoms with Gasteiger partial charge in [0.25, 0.3) is 0 Å². The van der Waals surface area contributed by atoms with Gasteiger partial charge < -0.3 is 4.90 Å². The SMILES string of the molecule is CN(C(=O)CN(C)S(=O)(=O)CCCCCl)C1CCCCC1. The molecular weight excluding hydrogens is 312 g/mol. The van der Waals surface area contributed by atoms with Crippen molar-refractivity contribution in [2.24, 2.45) is 0 Å². The maximum Gasteiger partial charge on any atom is 0.237 e. The Bertz CT molecular complexity index is 422. The zero-order valence-corrected chi connectivity index (χ0v) is 14.6. The number of hydrogen-bond donors (Lipinski definition) is 0. The lowest BCUT2D eigenvalue weighted by Crippen LogP contribution is -2.45. The van der Waals surface area contributed by atoms with Crippen LogP contribution in [0.1, 0.15) is 44.9 Å². The van der Waals surface area contributed by atoms with Gasteiger partial charge >= 0.3 is 0 Å². The van der Waals surface area contributed by atoms with Crippen LogP contribution in [0, 0.1) is 0 Å². The number of hydrogen-bond acceptors (Lipinski definition) is 3. The summed E-state index contributed by atoms with van der Waals surface area (Å²) in [6.45, 7) is -0.0732. The molecule has 124 valence electrons. The molecule has 0 aromatic rings. The minimum Gasteiger partial charge on any atom is -0.342 e. The van der Waals surface area contributed by atoms with Crippen molar-refractivity contribution >= 4 is 27.5 Å². The molecule has 0 aromatic carbocycles. The van der Waals surface area contributed by atoms with E-state index in [1.54, 1.807) is 11.9 Å². The average molecular weight is 339 g/mol. The van der Waals surface area contributed by atoms with E-state index in [1.807, 2.05) is 0 Å². The first-order chi connectivity index (χ1) is 9.88. The van der Waals surface area contributed by atoms with Crippen molar-refractivity contribution in [2.45, 2.75) is 51.0 Å². The summed E-state index contributed by atoms with van der Waals surface area (Å²) in [6.07, 6.45) is 6.77. The Morgan fingerprint density at radius 2 is 1.76 bits per heavy atom. The number of carbonyl (C=O) groups is 1. The Morgan fingerprint density at radius 1 is 1.14 bits per heavy atom. The van der Waals surface area contributed by atoms with Gasteiger partial charge in [-0.2, -0.15) is 4.31 Å². The average Bonchev–Trinajstić information content (AvgIpc) is 2.47. The second-order valence-electron chi connectivity index (χ2n) is 5.76. The molecule has 1 fully saturated rings. The van der Waals surface area contributed by atoms with E-state index in [9.17, 15) is 13.2 Å². The summed E-state index contributed by atoms with van der Waals surface area (Å²) in [5.41, 5.74) is 0. The maximum absolute atomic E-state index is 12.2. The largest absolute Gasteiger partial charge is 0.342 e. The van der Waals surface area contributed by atoms with E-state index in [4.69, 9.17) is 11.6 Å². The molecular formula is C14H27ClN2O3S. The van der Waals surface area contributed by atoms with Gasteiger partial charge in [0.2, 0.25) is 15.9 Å². The molecule has 0 spiro atoms. The first-order valence-corrected chi connectivity index (χ1v) is 9.78. The number of amides is 1. The fraction of sp³-hybridized carbons (Fsp3) is 0.929. The predicted molar refractivity (Wildman–Crippen MR) is 86.0 cm³/mol. The molecule has 0 N–H and O–H groups in total. The molecule has 21 heavy (non-hydrogen) atoms. The van der Waals surface area contributed by atoms with Gasteiger partial charge in [0.1, 0.15) is 0 Å². The zero-order chi connectivity index (χ0) is 15.9. The van der Waals surface area contributed by atoms with Crippen LogP contribution in [0.25, 0.3) is 0 Å². The van der Waals surface area contributed by atoms with Crippen molar-refractivity contribution in [3.05, 3.63) is 0 Å². The molecule has 1 saturated carbocycles. The van der Waals surface area contributed by atoms with E-state index in [0.29, 0.717) is 18.7 Å². The molecule has 0 heterocycles. The highest BCUT2D eigenvalue weighted by Gasteiger charge is 2.26. The summed E-state index contributed by atoms with van der Waals surface area (Å²) in [5.74, 6) is 0.393. The van der Waals surface area contributed by atoms with Gasteiger partial charge in [-0.1, -0.05) is 19.3 Å². The van der Waals surface area contributed by atoms with E-state index < -0.39 is 10.0 Å². The van der Waals surface area contributed by atoms with Crippen molar-refractivity contribution in [2.75, 3.05) is 32.3 Å². The van der Waals surface area contributed by atoms with Gasteiger partial charge in [-0.3, -0.25) is 4.79 Å². The number of halogens is 1. The third-order valence-electron chi connectivity index (χ3n) is 4.13. The normalized spacial score (nSPS) is 17.1. The highest BCUT2D eigenvalue weighted by Crippen LogP contribution is 2.21. The van der Waals surface area contributed by atoms with Crippen molar-refractivity contribution in [1.82, 2.24) is 9.21 Å². The van der Waals surface area contributed by atoms with Crippen LogP contribution in [0.5, 0.6) is 0 Å². The Morgan fingerprint density at radius 3 is 2.33 bits per heavy atom. The monoisotopic (exact) mass is 338 g/mol. The van der Waals surface area contributed by atoms with Gasteiger partial charge in [-0.25, -0.2) is 8.42 Å². The molecule has 0 radical (unpaired) electrons. The van der Waals surface area contributed by atoms with Gasteiger partial charge in [-0.05, 0) is 25.7 Å². The van der Waals surface area contributed by atoms with Crippen LogP contribution in [-0.4, -0.2) is 61.8 Å². The Labute approximate surface area is 133 Å². The minimum atomic E-state index is -3.36.